The van der Waals surface area contributed by atoms with Gasteiger partial charge >= 0.3 is 0 Å². The SMILES string of the molecule is CC1=C[C@@]2(C#N)C(CC1=O)OC(C)(C)C[C@H]2O. The molecule has 92 valence electrons. The third-order valence-corrected chi connectivity index (χ3v) is 3.69. The van der Waals surface area contributed by atoms with E-state index in [1.165, 1.54) is 0 Å². The quantitative estimate of drug-likeness (QED) is 0.688. The van der Waals surface area contributed by atoms with Crippen LogP contribution in [0.3, 0.4) is 0 Å². The van der Waals surface area contributed by atoms with Crippen LogP contribution in [0, 0.1) is 16.7 Å². The molecular weight excluding hydrogens is 218 g/mol. The molecule has 0 saturated carbocycles. The summed E-state index contributed by atoms with van der Waals surface area (Å²) in [5, 5.41) is 19.6. The van der Waals surface area contributed by atoms with Gasteiger partial charge in [-0.2, -0.15) is 5.26 Å². The number of carbonyl (C=O) groups is 1. The predicted octanol–water partition coefficient (Wildman–Crippen LogP) is 1.34. The van der Waals surface area contributed by atoms with Crippen LogP contribution in [0.5, 0.6) is 0 Å². The Bertz CT molecular complexity index is 432. The first kappa shape index (κ1) is 12.3. The van der Waals surface area contributed by atoms with Crippen LogP contribution in [0.2, 0.25) is 0 Å². The summed E-state index contributed by atoms with van der Waals surface area (Å²) >= 11 is 0. The number of nitrogens with zero attached hydrogens (tertiary/aromatic N) is 1. The summed E-state index contributed by atoms with van der Waals surface area (Å²) in [7, 11) is 0. The molecule has 0 aromatic rings. The molecule has 0 aromatic heterocycles. The van der Waals surface area contributed by atoms with Gasteiger partial charge in [0.1, 0.15) is 5.41 Å². The number of rotatable bonds is 0. The second kappa shape index (κ2) is 3.66. The van der Waals surface area contributed by atoms with E-state index in [0.29, 0.717) is 12.0 Å². The number of ether oxygens (including phenoxy) is 1. The standard InChI is InChI=1S/C13H17NO3/c1-8-5-13(7-14)10(16)6-12(2,3)17-11(13)4-9(8)15/h5,10-11,16H,4,6H2,1-3H3/t10-,11?,13+/m1/s1. The molecule has 2 aliphatic rings. The molecule has 0 spiro atoms. The van der Waals surface area contributed by atoms with Crippen molar-refractivity contribution in [1.82, 2.24) is 0 Å². The summed E-state index contributed by atoms with van der Waals surface area (Å²) in [5.74, 6) is -0.00854. The molecule has 2 rings (SSSR count). The van der Waals surface area contributed by atoms with Crippen LogP contribution in [0.1, 0.15) is 33.6 Å². The normalized spacial score (nSPS) is 40.2. The Hall–Kier alpha value is -1.18. The third-order valence-electron chi connectivity index (χ3n) is 3.69. The van der Waals surface area contributed by atoms with E-state index in [2.05, 4.69) is 6.07 Å². The van der Waals surface area contributed by atoms with Gasteiger partial charge in [-0.25, -0.2) is 0 Å². The summed E-state index contributed by atoms with van der Waals surface area (Å²) in [6.45, 7) is 5.42. The first-order chi connectivity index (χ1) is 7.81. The second-order valence-electron chi connectivity index (χ2n) is 5.59. The monoisotopic (exact) mass is 235 g/mol. The Balaban J connectivity index is 2.47. The summed E-state index contributed by atoms with van der Waals surface area (Å²) < 4.78 is 5.81. The van der Waals surface area contributed by atoms with Gasteiger partial charge in [-0.15, -0.1) is 0 Å². The molecule has 1 aliphatic heterocycles. The molecule has 1 fully saturated rings. The minimum Gasteiger partial charge on any atom is -0.391 e. The first-order valence-corrected chi connectivity index (χ1v) is 5.80. The molecule has 0 amide bonds. The number of hydrogen-bond donors (Lipinski definition) is 1. The third kappa shape index (κ3) is 1.80. The Labute approximate surface area is 101 Å². The lowest BCUT2D eigenvalue weighted by molar-refractivity contribution is -0.191. The van der Waals surface area contributed by atoms with Gasteiger partial charge in [-0.1, -0.05) is 6.08 Å². The van der Waals surface area contributed by atoms with Crippen LogP contribution >= 0.6 is 0 Å². The fourth-order valence-corrected chi connectivity index (χ4v) is 2.73. The Morgan fingerprint density at radius 3 is 2.82 bits per heavy atom. The lowest BCUT2D eigenvalue weighted by Gasteiger charge is -2.49. The summed E-state index contributed by atoms with van der Waals surface area (Å²) in [6, 6.07) is 2.15. The van der Waals surface area contributed by atoms with Gasteiger partial charge in [0.2, 0.25) is 0 Å². The van der Waals surface area contributed by atoms with Crippen LogP contribution in [0.4, 0.5) is 0 Å². The molecular formula is C13H17NO3. The van der Waals surface area contributed by atoms with E-state index in [1.54, 1.807) is 13.0 Å². The van der Waals surface area contributed by atoms with Crippen molar-refractivity contribution < 1.29 is 14.6 Å². The van der Waals surface area contributed by atoms with Crippen LogP contribution < -0.4 is 0 Å². The van der Waals surface area contributed by atoms with Crippen molar-refractivity contribution in [1.29, 1.82) is 5.26 Å². The zero-order chi connectivity index (χ0) is 12.8. The molecule has 1 unspecified atom stereocenters. The van der Waals surface area contributed by atoms with E-state index in [0.717, 1.165) is 0 Å². The predicted molar refractivity (Wildman–Crippen MR) is 61.0 cm³/mol. The Kier molecular flexibility index (Phi) is 2.64. The molecule has 4 nitrogen and oxygen atoms in total. The van der Waals surface area contributed by atoms with Crippen LogP contribution in [0.25, 0.3) is 0 Å². The highest BCUT2D eigenvalue weighted by molar-refractivity contribution is 5.96. The van der Waals surface area contributed by atoms with Crippen molar-refractivity contribution in [2.45, 2.75) is 51.4 Å². The minimum atomic E-state index is -1.06. The van der Waals surface area contributed by atoms with Crippen LogP contribution in [0.15, 0.2) is 11.6 Å². The summed E-state index contributed by atoms with van der Waals surface area (Å²) in [4.78, 5) is 11.7. The van der Waals surface area contributed by atoms with Crippen molar-refractivity contribution >= 4 is 5.78 Å². The number of ketones is 1. The van der Waals surface area contributed by atoms with Crippen molar-refractivity contribution in [2.24, 2.45) is 5.41 Å². The molecule has 0 aromatic carbocycles. The van der Waals surface area contributed by atoms with E-state index in [9.17, 15) is 15.2 Å². The van der Waals surface area contributed by atoms with Crippen molar-refractivity contribution in [2.75, 3.05) is 0 Å². The number of Topliss-reactive ketones (excluding diaryl/α,β-unsaturated/α-hetero) is 1. The average molecular weight is 235 g/mol. The minimum absolute atomic E-state index is 0.00854. The van der Waals surface area contributed by atoms with Gasteiger partial charge < -0.3 is 9.84 Å². The summed E-state index contributed by atoms with van der Waals surface area (Å²) in [5.41, 5.74) is -1.01. The highest BCUT2D eigenvalue weighted by atomic mass is 16.5. The molecule has 3 atom stereocenters. The topological polar surface area (TPSA) is 70.3 Å². The molecule has 1 aliphatic carbocycles. The molecule has 1 N–H and O–H groups in total. The average Bonchev–Trinajstić information content (AvgIpc) is 2.20. The molecule has 4 heteroatoms. The fraction of sp³-hybridized carbons (Fsp3) is 0.692. The van der Waals surface area contributed by atoms with Gasteiger partial charge in [0.05, 0.1) is 23.9 Å². The van der Waals surface area contributed by atoms with E-state index in [1.807, 2.05) is 13.8 Å². The Morgan fingerprint density at radius 1 is 1.59 bits per heavy atom. The summed E-state index contributed by atoms with van der Waals surface area (Å²) in [6.07, 6.45) is 0.834. The van der Waals surface area contributed by atoms with E-state index < -0.39 is 23.2 Å². The molecule has 17 heavy (non-hydrogen) atoms. The largest absolute Gasteiger partial charge is 0.391 e. The van der Waals surface area contributed by atoms with Gasteiger partial charge in [-0.05, 0) is 26.3 Å². The first-order valence-electron chi connectivity index (χ1n) is 5.80. The number of carbonyl (C=O) groups excluding carboxylic acids is 1. The maximum atomic E-state index is 11.7. The lowest BCUT2D eigenvalue weighted by Crippen LogP contribution is -2.57. The zero-order valence-electron chi connectivity index (χ0n) is 10.4. The number of aliphatic hydroxyl groups excluding tert-OH is 1. The number of allylic oxidation sites excluding steroid dienone is 1. The number of aliphatic hydroxyl groups is 1. The van der Waals surface area contributed by atoms with Gasteiger partial charge in [-0.3, -0.25) is 4.79 Å². The van der Waals surface area contributed by atoms with Gasteiger partial charge in [0.15, 0.2) is 5.78 Å². The van der Waals surface area contributed by atoms with E-state index in [4.69, 9.17) is 4.74 Å². The highest BCUT2D eigenvalue weighted by Crippen LogP contribution is 2.46. The maximum Gasteiger partial charge on any atom is 0.160 e. The fourth-order valence-electron chi connectivity index (χ4n) is 2.73. The Morgan fingerprint density at radius 2 is 2.24 bits per heavy atom. The maximum absolute atomic E-state index is 11.7. The number of nitriles is 1. The smallest absolute Gasteiger partial charge is 0.160 e. The van der Waals surface area contributed by atoms with E-state index in [-0.39, 0.29) is 12.2 Å². The van der Waals surface area contributed by atoms with Crippen molar-refractivity contribution in [3.63, 3.8) is 0 Å². The van der Waals surface area contributed by atoms with Crippen molar-refractivity contribution in [3.8, 4) is 6.07 Å². The molecule has 1 saturated heterocycles. The van der Waals surface area contributed by atoms with E-state index >= 15 is 0 Å². The molecule has 0 radical (unpaired) electrons. The van der Waals surface area contributed by atoms with Crippen molar-refractivity contribution in [3.05, 3.63) is 11.6 Å². The zero-order valence-corrected chi connectivity index (χ0v) is 10.4. The van der Waals surface area contributed by atoms with Gasteiger partial charge in [0, 0.05) is 12.8 Å². The highest BCUT2D eigenvalue weighted by Gasteiger charge is 2.54. The van der Waals surface area contributed by atoms with Crippen LogP contribution in [-0.4, -0.2) is 28.7 Å². The second-order valence-corrected chi connectivity index (χ2v) is 5.59. The number of fused-ring (bicyclic) bond motifs is 1. The van der Waals surface area contributed by atoms with Crippen LogP contribution in [-0.2, 0) is 9.53 Å². The lowest BCUT2D eigenvalue weighted by atomic mass is 9.66. The molecule has 0 bridgehead atoms. The van der Waals surface area contributed by atoms with Gasteiger partial charge in [0.25, 0.3) is 0 Å². The number of hydrogen-bond acceptors (Lipinski definition) is 4. The molecule has 1 heterocycles.